The largest absolute Gasteiger partial charge is 0.425 e. The summed E-state index contributed by atoms with van der Waals surface area (Å²) in [5.74, 6) is 0.455. The van der Waals surface area contributed by atoms with Crippen molar-refractivity contribution in [3.05, 3.63) is 68.0 Å². The fourth-order valence-corrected chi connectivity index (χ4v) is 4.65. The van der Waals surface area contributed by atoms with E-state index in [0.717, 1.165) is 28.0 Å². The van der Waals surface area contributed by atoms with Crippen LogP contribution in [0.5, 0.6) is 5.75 Å². The fraction of sp³-hybridized carbons (Fsp3) is 0.316. The number of thiophene rings is 1. The summed E-state index contributed by atoms with van der Waals surface area (Å²) in [5, 5.41) is 0. The summed E-state index contributed by atoms with van der Waals surface area (Å²) in [7, 11) is -3.62. The molecule has 0 spiro atoms. The van der Waals surface area contributed by atoms with E-state index in [2.05, 4.69) is 9.97 Å². The maximum absolute atomic E-state index is 12.8. The molecule has 8 nitrogen and oxygen atoms in total. The van der Waals surface area contributed by atoms with E-state index < -0.39 is 26.9 Å². The first-order valence-electron chi connectivity index (χ1n) is 9.33. The summed E-state index contributed by atoms with van der Waals surface area (Å²) in [6.45, 7) is 0.863. The van der Waals surface area contributed by atoms with E-state index >= 15 is 0 Å². The fourth-order valence-electron chi connectivity index (χ4n) is 3.32. The van der Waals surface area contributed by atoms with Crippen molar-refractivity contribution in [1.82, 2.24) is 14.5 Å². The molecule has 4 rings (SSSR count). The smallest absolute Gasteiger partial charge is 0.383 e. The van der Waals surface area contributed by atoms with Gasteiger partial charge in [0, 0.05) is 18.0 Å². The Morgan fingerprint density at radius 2 is 1.97 bits per heavy atom. The molecular weight excluding hydrogens is 469 g/mol. The number of nitrogens with zero attached hydrogens (tertiary/aromatic N) is 4. The highest BCUT2D eigenvalue weighted by Gasteiger charge is 2.32. The molecule has 170 valence electrons. The van der Waals surface area contributed by atoms with Crippen molar-refractivity contribution in [2.45, 2.75) is 25.7 Å². The maximum Gasteiger partial charge on any atom is 0.425 e. The molecule has 0 aliphatic carbocycles. The maximum atomic E-state index is 12.8. The third-order valence-electron chi connectivity index (χ3n) is 4.74. The lowest BCUT2D eigenvalue weighted by Gasteiger charge is -2.28. The summed E-state index contributed by atoms with van der Waals surface area (Å²) in [4.78, 5) is 22.1. The van der Waals surface area contributed by atoms with Crippen molar-refractivity contribution < 1.29 is 25.8 Å². The Labute approximate surface area is 185 Å². The lowest BCUT2D eigenvalue weighted by molar-refractivity contribution is -0.134. The van der Waals surface area contributed by atoms with Crippen LogP contribution in [0.1, 0.15) is 20.9 Å². The number of halogens is 3. The van der Waals surface area contributed by atoms with Crippen molar-refractivity contribution in [2.75, 3.05) is 17.7 Å². The minimum absolute atomic E-state index is 0.0498. The average Bonchev–Trinajstić information content (AvgIpc) is 3.17. The SMILES string of the molecule is CS(=O)(=O)Oc1ccc2c(c1)CCN(c1ncn(Cc3ccc(C(F)(F)F)s3)c(=O)n1)C2. The third-order valence-corrected chi connectivity index (χ3v) is 6.35. The highest BCUT2D eigenvalue weighted by atomic mass is 32.2. The minimum Gasteiger partial charge on any atom is -0.383 e. The molecule has 0 unspecified atom stereocenters. The van der Waals surface area contributed by atoms with Gasteiger partial charge in [-0.2, -0.15) is 26.6 Å². The van der Waals surface area contributed by atoms with Crippen molar-refractivity contribution in [3.63, 3.8) is 0 Å². The summed E-state index contributed by atoms with van der Waals surface area (Å²) in [6, 6.07) is 7.29. The Kier molecular flexibility index (Phi) is 5.71. The number of hydrogen-bond donors (Lipinski definition) is 0. The topological polar surface area (TPSA) is 94.4 Å². The van der Waals surface area contributed by atoms with E-state index in [-0.39, 0.29) is 18.2 Å². The summed E-state index contributed by atoms with van der Waals surface area (Å²) in [5.41, 5.74) is 1.23. The first-order valence-corrected chi connectivity index (χ1v) is 12.0. The second kappa shape index (κ2) is 8.20. The van der Waals surface area contributed by atoms with Crippen molar-refractivity contribution in [2.24, 2.45) is 0 Å². The van der Waals surface area contributed by atoms with Gasteiger partial charge in [0.05, 0.1) is 12.8 Å². The zero-order valence-corrected chi connectivity index (χ0v) is 18.3. The third kappa shape index (κ3) is 5.10. The number of rotatable bonds is 5. The molecule has 0 atom stereocenters. The molecule has 1 aliphatic heterocycles. The van der Waals surface area contributed by atoms with E-state index in [9.17, 15) is 26.4 Å². The van der Waals surface area contributed by atoms with Gasteiger partial charge in [-0.05, 0) is 41.8 Å². The van der Waals surface area contributed by atoms with E-state index in [0.29, 0.717) is 35.7 Å². The van der Waals surface area contributed by atoms with Gasteiger partial charge in [0.25, 0.3) is 0 Å². The molecule has 0 saturated carbocycles. The lowest BCUT2D eigenvalue weighted by Crippen LogP contribution is -2.35. The normalized spacial score (nSPS) is 14.3. The molecule has 0 amide bonds. The van der Waals surface area contributed by atoms with Crippen molar-refractivity contribution in [1.29, 1.82) is 0 Å². The Hall–Kier alpha value is -2.93. The second-order valence-electron chi connectivity index (χ2n) is 7.22. The van der Waals surface area contributed by atoms with E-state index in [1.807, 2.05) is 0 Å². The number of benzene rings is 1. The van der Waals surface area contributed by atoms with Gasteiger partial charge >= 0.3 is 22.0 Å². The monoisotopic (exact) mass is 486 g/mol. The predicted molar refractivity (Wildman–Crippen MR) is 111 cm³/mol. The molecule has 3 aromatic rings. The summed E-state index contributed by atoms with van der Waals surface area (Å²) in [6.07, 6.45) is -1.60. The van der Waals surface area contributed by atoms with Gasteiger partial charge in [0.15, 0.2) is 0 Å². The van der Waals surface area contributed by atoms with Gasteiger partial charge < -0.3 is 9.08 Å². The standard InChI is InChI=1S/C19H17F3N4O4S2/c1-32(28,29)30-14-3-2-13-9-25(7-6-12(13)8-14)17-23-11-26(18(27)24-17)10-15-4-5-16(31-15)19(20,21)22/h2-5,8,11H,6-7,9-10H2,1H3. The van der Waals surface area contributed by atoms with E-state index in [4.69, 9.17) is 4.18 Å². The number of alkyl halides is 3. The molecule has 0 radical (unpaired) electrons. The molecule has 32 heavy (non-hydrogen) atoms. The Morgan fingerprint density at radius 1 is 1.19 bits per heavy atom. The molecule has 13 heteroatoms. The highest BCUT2D eigenvalue weighted by molar-refractivity contribution is 7.86. The van der Waals surface area contributed by atoms with Crippen LogP contribution in [-0.4, -0.2) is 35.8 Å². The van der Waals surface area contributed by atoms with Gasteiger partial charge in [-0.1, -0.05) is 6.07 Å². The molecule has 1 aliphatic rings. The van der Waals surface area contributed by atoms with Gasteiger partial charge in [0.2, 0.25) is 5.95 Å². The molecule has 0 saturated heterocycles. The Bertz CT molecular complexity index is 1320. The number of hydrogen-bond acceptors (Lipinski definition) is 8. The van der Waals surface area contributed by atoms with Gasteiger partial charge in [-0.3, -0.25) is 4.57 Å². The Balaban J connectivity index is 1.48. The second-order valence-corrected chi connectivity index (χ2v) is 9.96. The van der Waals surface area contributed by atoms with Crippen LogP contribution in [0.25, 0.3) is 0 Å². The number of aromatic nitrogens is 3. The zero-order valence-electron chi connectivity index (χ0n) is 16.7. The van der Waals surface area contributed by atoms with E-state index in [1.54, 1.807) is 23.1 Å². The Morgan fingerprint density at radius 3 is 2.62 bits per heavy atom. The van der Waals surface area contributed by atoms with Crippen LogP contribution >= 0.6 is 11.3 Å². The highest BCUT2D eigenvalue weighted by Crippen LogP contribution is 2.34. The zero-order chi connectivity index (χ0) is 23.1. The quantitative estimate of drug-likeness (QED) is 0.512. The van der Waals surface area contributed by atoms with E-state index in [1.165, 1.54) is 12.4 Å². The van der Waals surface area contributed by atoms with Crippen molar-refractivity contribution >= 4 is 27.4 Å². The van der Waals surface area contributed by atoms with Gasteiger partial charge in [-0.25, -0.2) is 9.78 Å². The molecule has 3 heterocycles. The molecule has 1 aromatic carbocycles. The summed E-state index contributed by atoms with van der Waals surface area (Å²) < 4.78 is 66.9. The van der Waals surface area contributed by atoms with Gasteiger partial charge in [-0.15, -0.1) is 11.3 Å². The van der Waals surface area contributed by atoms with Crippen LogP contribution in [0, 0.1) is 0 Å². The van der Waals surface area contributed by atoms with Crippen LogP contribution in [-0.2, 0) is 35.8 Å². The molecule has 0 bridgehead atoms. The van der Waals surface area contributed by atoms with Crippen LogP contribution in [0.2, 0.25) is 0 Å². The average molecular weight is 486 g/mol. The lowest BCUT2D eigenvalue weighted by atomic mass is 10.00. The first kappa shape index (κ1) is 22.3. The van der Waals surface area contributed by atoms with Crippen molar-refractivity contribution in [3.8, 4) is 5.75 Å². The number of fused-ring (bicyclic) bond motifs is 1. The van der Waals surface area contributed by atoms with Gasteiger partial charge in [0.1, 0.15) is 17.0 Å². The molecular formula is C19H17F3N4O4S2. The molecule has 0 N–H and O–H groups in total. The molecule has 2 aromatic heterocycles. The van der Waals surface area contributed by atoms with Crippen LogP contribution in [0.3, 0.4) is 0 Å². The predicted octanol–water partition coefficient (Wildman–Crippen LogP) is 2.67. The van der Waals surface area contributed by atoms with Crippen LogP contribution in [0.15, 0.2) is 41.5 Å². The molecule has 0 fully saturated rings. The van der Waals surface area contributed by atoms with Crippen LogP contribution in [0.4, 0.5) is 19.1 Å². The number of anilines is 1. The van der Waals surface area contributed by atoms with Crippen LogP contribution < -0.4 is 14.8 Å². The minimum atomic E-state index is -4.42. The first-order chi connectivity index (χ1) is 15.0. The summed E-state index contributed by atoms with van der Waals surface area (Å²) >= 11 is 0.574.